The van der Waals surface area contributed by atoms with Gasteiger partial charge in [0, 0.05) is 19.3 Å². The van der Waals surface area contributed by atoms with Gasteiger partial charge in [0.1, 0.15) is 11.4 Å². The number of nitrogens with two attached hydrogens (primary N) is 1. The third-order valence-corrected chi connectivity index (χ3v) is 4.52. The first-order valence-electron chi connectivity index (χ1n) is 6.51. The van der Waals surface area contributed by atoms with E-state index in [9.17, 15) is 21.6 Å². The quantitative estimate of drug-likeness (QED) is 0.828. The highest BCUT2D eigenvalue weighted by Gasteiger charge is 2.38. The summed E-state index contributed by atoms with van der Waals surface area (Å²) in [5.41, 5.74) is 5.54. The summed E-state index contributed by atoms with van der Waals surface area (Å²) < 4.78 is 64.0. The van der Waals surface area contributed by atoms with Crippen molar-refractivity contribution in [3.63, 3.8) is 0 Å². The van der Waals surface area contributed by atoms with E-state index in [1.54, 1.807) is 6.92 Å². The van der Waals surface area contributed by atoms with Crippen molar-refractivity contribution in [2.45, 2.75) is 44.3 Å². The highest BCUT2D eigenvalue weighted by Crippen LogP contribution is 2.25. The highest BCUT2D eigenvalue weighted by atomic mass is 32.2. The molecule has 1 rings (SSSR count). The second-order valence-corrected chi connectivity index (χ2v) is 6.50. The number of halogens is 3. The van der Waals surface area contributed by atoms with Gasteiger partial charge in [-0.3, -0.25) is 4.68 Å². The molecule has 6 nitrogen and oxygen atoms in total. The molecule has 0 radical (unpaired) electrons. The summed E-state index contributed by atoms with van der Waals surface area (Å²) >= 11 is 0. The predicted molar refractivity (Wildman–Crippen MR) is 72.0 cm³/mol. The van der Waals surface area contributed by atoms with Gasteiger partial charge in [-0.1, -0.05) is 13.8 Å². The Morgan fingerprint density at radius 1 is 1.33 bits per heavy atom. The van der Waals surface area contributed by atoms with E-state index in [-0.39, 0.29) is 23.7 Å². The summed E-state index contributed by atoms with van der Waals surface area (Å²) in [6.07, 6.45) is -2.48. The van der Waals surface area contributed by atoms with E-state index in [1.165, 1.54) is 10.9 Å². The van der Waals surface area contributed by atoms with Crippen molar-refractivity contribution in [2.75, 3.05) is 18.8 Å². The fourth-order valence-electron chi connectivity index (χ4n) is 1.83. The molecule has 0 bridgehead atoms. The lowest BCUT2D eigenvalue weighted by Gasteiger charge is -2.22. The second kappa shape index (κ2) is 6.65. The van der Waals surface area contributed by atoms with E-state index in [4.69, 9.17) is 5.73 Å². The van der Waals surface area contributed by atoms with Crippen LogP contribution in [0.2, 0.25) is 0 Å². The van der Waals surface area contributed by atoms with E-state index in [0.29, 0.717) is 17.3 Å². The number of hydrogen-bond donors (Lipinski definition) is 1. The molecule has 1 aromatic heterocycles. The fraction of sp³-hybridized carbons (Fsp3) is 0.727. The first-order valence-corrected chi connectivity index (χ1v) is 7.95. The van der Waals surface area contributed by atoms with Crippen LogP contribution in [0.3, 0.4) is 0 Å². The van der Waals surface area contributed by atoms with Gasteiger partial charge in [0.05, 0.1) is 0 Å². The molecule has 0 spiro atoms. The van der Waals surface area contributed by atoms with E-state index in [2.05, 4.69) is 5.10 Å². The molecular formula is C11H19F3N4O2S. The van der Waals surface area contributed by atoms with Crippen LogP contribution < -0.4 is 5.73 Å². The smallest absolute Gasteiger partial charge is 0.381 e. The van der Waals surface area contributed by atoms with Gasteiger partial charge in [0.15, 0.2) is 5.82 Å². The normalized spacial score (nSPS) is 13.0. The number of rotatable bonds is 7. The van der Waals surface area contributed by atoms with Gasteiger partial charge >= 0.3 is 6.18 Å². The minimum atomic E-state index is -4.61. The Labute approximate surface area is 121 Å². The lowest BCUT2D eigenvalue weighted by molar-refractivity contribution is -0.136. The number of hydrogen-bond acceptors (Lipinski definition) is 4. The molecule has 1 aromatic rings. The molecule has 0 aromatic carbocycles. The van der Waals surface area contributed by atoms with Crippen LogP contribution in [0, 0.1) is 0 Å². The van der Waals surface area contributed by atoms with Crippen molar-refractivity contribution in [3.05, 3.63) is 6.20 Å². The summed E-state index contributed by atoms with van der Waals surface area (Å²) in [5.74, 6) is -0.285. The Balaban J connectivity index is 3.16. The summed E-state index contributed by atoms with van der Waals surface area (Å²) in [6.45, 7) is 2.12. The monoisotopic (exact) mass is 328 g/mol. The zero-order valence-corrected chi connectivity index (χ0v) is 12.7. The van der Waals surface area contributed by atoms with Crippen molar-refractivity contribution in [1.82, 2.24) is 14.1 Å². The second-order valence-electron chi connectivity index (χ2n) is 4.60. The van der Waals surface area contributed by atoms with E-state index in [1.807, 2.05) is 6.92 Å². The molecule has 21 heavy (non-hydrogen) atoms. The third-order valence-electron chi connectivity index (χ3n) is 2.65. The molecule has 0 aliphatic rings. The standard InChI is InChI=1S/C11H19F3N4O2S/c1-3-5-17-7-9(10(15)16-17)21(19,20)18(6-4-2)8-11(12,13)14/h7H,3-6,8H2,1-2H3,(H2,15,16). The average Bonchev–Trinajstić information content (AvgIpc) is 2.69. The van der Waals surface area contributed by atoms with Gasteiger partial charge in [-0.15, -0.1) is 0 Å². The maximum absolute atomic E-state index is 12.5. The summed E-state index contributed by atoms with van der Waals surface area (Å²) in [7, 11) is -4.32. The largest absolute Gasteiger partial charge is 0.402 e. The van der Waals surface area contributed by atoms with Gasteiger partial charge in [-0.2, -0.15) is 22.6 Å². The number of aryl methyl sites for hydroxylation is 1. The number of nitrogen functional groups attached to an aromatic ring is 1. The Morgan fingerprint density at radius 2 is 1.95 bits per heavy atom. The predicted octanol–water partition coefficient (Wildman–Crippen LogP) is 1.84. The van der Waals surface area contributed by atoms with Crippen LogP contribution in [0.15, 0.2) is 11.1 Å². The third kappa shape index (κ3) is 4.60. The molecule has 0 amide bonds. The van der Waals surface area contributed by atoms with Crippen molar-refractivity contribution < 1.29 is 21.6 Å². The highest BCUT2D eigenvalue weighted by molar-refractivity contribution is 7.89. The molecule has 0 saturated carbocycles. The van der Waals surface area contributed by atoms with Crippen LogP contribution >= 0.6 is 0 Å². The van der Waals surface area contributed by atoms with Gasteiger partial charge in [-0.05, 0) is 12.8 Å². The Morgan fingerprint density at radius 3 is 2.43 bits per heavy atom. The first-order chi connectivity index (χ1) is 9.61. The van der Waals surface area contributed by atoms with Gasteiger partial charge in [0.2, 0.25) is 10.0 Å². The molecule has 10 heteroatoms. The minimum Gasteiger partial charge on any atom is -0.381 e. The van der Waals surface area contributed by atoms with Gasteiger partial charge in [-0.25, -0.2) is 8.42 Å². The van der Waals surface area contributed by atoms with E-state index < -0.39 is 22.7 Å². The van der Waals surface area contributed by atoms with Crippen LogP contribution in [-0.2, 0) is 16.6 Å². The van der Waals surface area contributed by atoms with E-state index >= 15 is 0 Å². The Hall–Kier alpha value is -1.29. The molecule has 2 N–H and O–H groups in total. The van der Waals surface area contributed by atoms with Crippen LogP contribution in [0.4, 0.5) is 19.0 Å². The Kier molecular flexibility index (Phi) is 5.62. The SMILES string of the molecule is CCCN(CC(F)(F)F)S(=O)(=O)c1cn(CCC)nc1N. The summed E-state index contributed by atoms with van der Waals surface area (Å²) in [5, 5.41) is 3.81. The zero-order chi connectivity index (χ0) is 16.3. The van der Waals surface area contributed by atoms with Crippen LogP contribution in [-0.4, -0.2) is 41.8 Å². The fourth-order valence-corrected chi connectivity index (χ4v) is 3.41. The van der Waals surface area contributed by atoms with Gasteiger partial charge in [0.25, 0.3) is 0 Å². The summed E-state index contributed by atoms with van der Waals surface area (Å²) in [4.78, 5) is -0.381. The van der Waals surface area contributed by atoms with Crippen molar-refractivity contribution in [2.24, 2.45) is 0 Å². The molecule has 0 atom stereocenters. The molecule has 0 aliphatic heterocycles. The van der Waals surface area contributed by atoms with Crippen LogP contribution in [0.5, 0.6) is 0 Å². The topological polar surface area (TPSA) is 81.2 Å². The van der Waals surface area contributed by atoms with Crippen molar-refractivity contribution in [3.8, 4) is 0 Å². The molecule has 1 heterocycles. The maximum atomic E-state index is 12.5. The first kappa shape index (κ1) is 17.8. The minimum absolute atomic E-state index is 0.236. The molecule has 0 saturated heterocycles. The summed E-state index contributed by atoms with van der Waals surface area (Å²) in [6, 6.07) is 0. The number of aromatic nitrogens is 2. The van der Waals surface area contributed by atoms with E-state index in [0.717, 1.165) is 0 Å². The average molecular weight is 328 g/mol. The van der Waals surface area contributed by atoms with Crippen LogP contribution in [0.1, 0.15) is 26.7 Å². The number of alkyl halides is 3. The molecule has 0 unspecified atom stereocenters. The molecule has 122 valence electrons. The van der Waals surface area contributed by atoms with Crippen LogP contribution in [0.25, 0.3) is 0 Å². The number of nitrogens with zero attached hydrogens (tertiary/aromatic N) is 3. The maximum Gasteiger partial charge on any atom is 0.402 e. The molecule has 0 fully saturated rings. The lowest BCUT2D eigenvalue weighted by atomic mass is 10.5. The van der Waals surface area contributed by atoms with Crippen molar-refractivity contribution >= 4 is 15.8 Å². The van der Waals surface area contributed by atoms with Crippen molar-refractivity contribution in [1.29, 1.82) is 0 Å². The lowest BCUT2D eigenvalue weighted by Crippen LogP contribution is -2.39. The Bertz CT molecular complexity index is 569. The number of anilines is 1. The van der Waals surface area contributed by atoms with Gasteiger partial charge < -0.3 is 5.73 Å². The molecule has 0 aliphatic carbocycles. The number of sulfonamides is 1. The molecular weight excluding hydrogens is 309 g/mol. The zero-order valence-electron chi connectivity index (χ0n) is 11.9.